The summed E-state index contributed by atoms with van der Waals surface area (Å²) >= 11 is 0. The number of rotatable bonds is 13. The molecule has 0 aliphatic carbocycles. The van der Waals surface area contributed by atoms with E-state index in [1.807, 2.05) is 4.90 Å². The molecular formula is C20H34N2O4S. The van der Waals surface area contributed by atoms with Gasteiger partial charge in [-0.15, -0.1) is 0 Å². The minimum absolute atomic E-state index is 0.0386. The molecule has 0 aromatic heterocycles. The van der Waals surface area contributed by atoms with Crippen molar-refractivity contribution in [1.82, 2.24) is 9.62 Å². The van der Waals surface area contributed by atoms with E-state index in [1.165, 1.54) is 19.2 Å². The Kier molecular flexibility index (Phi) is 10.6. The lowest BCUT2D eigenvalue weighted by atomic mass is 10.1. The summed E-state index contributed by atoms with van der Waals surface area (Å²) in [6.45, 7) is 7.57. The second-order valence-corrected chi connectivity index (χ2v) is 8.53. The molecule has 1 unspecified atom stereocenters. The Bertz CT molecular complexity index is 659. The Morgan fingerprint density at radius 3 is 2.37 bits per heavy atom. The molecular weight excluding hydrogens is 364 g/mol. The van der Waals surface area contributed by atoms with Crippen molar-refractivity contribution >= 4 is 15.9 Å². The van der Waals surface area contributed by atoms with E-state index in [2.05, 4.69) is 25.5 Å². The van der Waals surface area contributed by atoms with E-state index in [4.69, 9.17) is 4.74 Å². The molecule has 6 nitrogen and oxygen atoms in total. The molecule has 0 heterocycles. The van der Waals surface area contributed by atoms with Gasteiger partial charge in [-0.2, -0.15) is 0 Å². The maximum Gasteiger partial charge on any atom is 0.254 e. The number of benzene rings is 1. The number of carbonyl (C=O) groups is 1. The first-order valence-electron chi connectivity index (χ1n) is 9.77. The van der Waals surface area contributed by atoms with Gasteiger partial charge in [0.25, 0.3) is 5.91 Å². The number of hydrogen-bond acceptors (Lipinski definition) is 4. The third-order valence-electron chi connectivity index (χ3n) is 4.51. The average Bonchev–Trinajstić information content (AvgIpc) is 2.65. The van der Waals surface area contributed by atoms with E-state index in [-0.39, 0.29) is 23.4 Å². The monoisotopic (exact) mass is 398 g/mol. The second-order valence-electron chi connectivity index (χ2n) is 6.76. The second kappa shape index (κ2) is 12.1. The van der Waals surface area contributed by atoms with Crippen molar-refractivity contribution in [2.24, 2.45) is 0 Å². The van der Waals surface area contributed by atoms with Gasteiger partial charge in [-0.05, 0) is 44.0 Å². The zero-order valence-electron chi connectivity index (χ0n) is 17.0. The van der Waals surface area contributed by atoms with Gasteiger partial charge in [0.15, 0.2) is 0 Å². The van der Waals surface area contributed by atoms with Crippen molar-refractivity contribution in [2.45, 2.75) is 63.8 Å². The first-order chi connectivity index (χ1) is 12.9. The first-order valence-corrected chi connectivity index (χ1v) is 11.2. The molecule has 0 fully saturated rings. The number of methoxy groups -OCH3 is 1. The molecule has 7 heteroatoms. The van der Waals surface area contributed by atoms with Crippen LogP contribution in [-0.4, -0.2) is 52.1 Å². The number of amides is 1. The van der Waals surface area contributed by atoms with Crippen LogP contribution >= 0.6 is 0 Å². The molecule has 0 aliphatic rings. The van der Waals surface area contributed by atoms with Gasteiger partial charge in [0.2, 0.25) is 10.0 Å². The van der Waals surface area contributed by atoms with Crippen molar-refractivity contribution in [1.29, 1.82) is 0 Å². The van der Waals surface area contributed by atoms with Gasteiger partial charge in [0.05, 0.1) is 11.5 Å². The summed E-state index contributed by atoms with van der Waals surface area (Å²) in [5, 5.41) is 0. The topological polar surface area (TPSA) is 75.7 Å². The van der Waals surface area contributed by atoms with Crippen LogP contribution in [0.4, 0.5) is 0 Å². The zero-order chi connectivity index (χ0) is 20.3. The van der Waals surface area contributed by atoms with E-state index in [1.54, 1.807) is 12.1 Å². The summed E-state index contributed by atoms with van der Waals surface area (Å²) in [7, 11) is -2.08. The fourth-order valence-electron chi connectivity index (χ4n) is 2.93. The third kappa shape index (κ3) is 7.60. The Balaban J connectivity index is 2.90. The molecule has 27 heavy (non-hydrogen) atoms. The van der Waals surface area contributed by atoms with Gasteiger partial charge in [0, 0.05) is 31.8 Å². The molecule has 1 N–H and O–H groups in total. The number of nitrogens with one attached hydrogen (secondary N) is 1. The molecule has 1 rings (SSSR count). The fraction of sp³-hybridized carbons (Fsp3) is 0.650. The van der Waals surface area contributed by atoms with Gasteiger partial charge < -0.3 is 9.64 Å². The Hall–Kier alpha value is -1.44. The van der Waals surface area contributed by atoms with Gasteiger partial charge in [-0.3, -0.25) is 4.79 Å². The number of hydrogen-bond donors (Lipinski definition) is 1. The van der Waals surface area contributed by atoms with Crippen LogP contribution in [0.25, 0.3) is 0 Å². The van der Waals surface area contributed by atoms with Crippen molar-refractivity contribution in [2.75, 3.05) is 26.8 Å². The standard InChI is InChI=1S/C20H34N2O4S/c1-5-7-8-15-22(17(3)9-6-2)20(23)18-10-12-19(13-11-18)27(24,25)21-14-16-26-4/h10-13,17,21H,5-9,14-16H2,1-4H3. The molecule has 0 aliphatic heterocycles. The van der Waals surface area contributed by atoms with Gasteiger partial charge in [-0.1, -0.05) is 33.1 Å². The highest BCUT2D eigenvalue weighted by Gasteiger charge is 2.21. The van der Waals surface area contributed by atoms with Crippen LogP contribution in [0.3, 0.4) is 0 Å². The molecule has 0 saturated carbocycles. The minimum Gasteiger partial charge on any atom is -0.383 e. The smallest absolute Gasteiger partial charge is 0.254 e. The summed E-state index contributed by atoms with van der Waals surface area (Å²) in [5.41, 5.74) is 0.519. The number of carbonyl (C=O) groups excluding carboxylic acids is 1. The van der Waals surface area contributed by atoms with Crippen LogP contribution in [-0.2, 0) is 14.8 Å². The normalized spacial score (nSPS) is 12.7. The number of unbranched alkanes of at least 4 members (excludes halogenated alkanes) is 2. The molecule has 154 valence electrons. The van der Waals surface area contributed by atoms with Crippen LogP contribution < -0.4 is 4.72 Å². The highest BCUT2D eigenvalue weighted by Crippen LogP contribution is 2.16. The lowest BCUT2D eigenvalue weighted by Gasteiger charge is -2.29. The Morgan fingerprint density at radius 1 is 1.15 bits per heavy atom. The van der Waals surface area contributed by atoms with Gasteiger partial charge in [-0.25, -0.2) is 13.1 Å². The molecule has 0 bridgehead atoms. The highest BCUT2D eigenvalue weighted by molar-refractivity contribution is 7.89. The summed E-state index contributed by atoms with van der Waals surface area (Å²) in [6, 6.07) is 6.32. The van der Waals surface area contributed by atoms with Gasteiger partial charge >= 0.3 is 0 Å². The van der Waals surface area contributed by atoms with E-state index >= 15 is 0 Å². The fourth-order valence-corrected chi connectivity index (χ4v) is 3.94. The first kappa shape index (κ1) is 23.6. The molecule has 0 spiro atoms. The van der Waals surface area contributed by atoms with Crippen LogP contribution in [0.5, 0.6) is 0 Å². The molecule has 0 radical (unpaired) electrons. The lowest BCUT2D eigenvalue weighted by molar-refractivity contribution is 0.0679. The summed E-state index contributed by atoms with van der Waals surface area (Å²) in [6.07, 6.45) is 5.14. The summed E-state index contributed by atoms with van der Waals surface area (Å²) in [4.78, 5) is 15.0. The largest absolute Gasteiger partial charge is 0.383 e. The van der Waals surface area contributed by atoms with E-state index in [0.29, 0.717) is 12.2 Å². The van der Waals surface area contributed by atoms with Crippen molar-refractivity contribution < 1.29 is 17.9 Å². The van der Waals surface area contributed by atoms with Crippen LogP contribution in [0, 0.1) is 0 Å². The van der Waals surface area contributed by atoms with Crippen LogP contribution in [0.2, 0.25) is 0 Å². The van der Waals surface area contributed by atoms with Crippen molar-refractivity contribution in [3.8, 4) is 0 Å². The molecule has 1 aromatic rings. The SMILES string of the molecule is CCCCCN(C(=O)c1ccc(S(=O)(=O)NCCOC)cc1)C(C)CCC. The van der Waals surface area contributed by atoms with E-state index in [9.17, 15) is 13.2 Å². The lowest BCUT2D eigenvalue weighted by Crippen LogP contribution is -2.39. The summed E-state index contributed by atoms with van der Waals surface area (Å²) in [5.74, 6) is -0.0386. The molecule has 1 amide bonds. The van der Waals surface area contributed by atoms with Crippen LogP contribution in [0.15, 0.2) is 29.2 Å². The summed E-state index contributed by atoms with van der Waals surface area (Å²) < 4.78 is 31.8. The molecule has 1 aromatic carbocycles. The average molecular weight is 399 g/mol. The quantitative estimate of drug-likeness (QED) is 0.517. The highest BCUT2D eigenvalue weighted by atomic mass is 32.2. The van der Waals surface area contributed by atoms with Gasteiger partial charge in [0.1, 0.15) is 0 Å². The molecule has 1 atom stereocenters. The maximum absolute atomic E-state index is 13.0. The Morgan fingerprint density at radius 2 is 1.81 bits per heavy atom. The zero-order valence-corrected chi connectivity index (χ0v) is 17.8. The van der Waals surface area contributed by atoms with Crippen LogP contribution in [0.1, 0.15) is 63.2 Å². The number of ether oxygens (including phenoxy) is 1. The van der Waals surface area contributed by atoms with Crippen molar-refractivity contribution in [3.05, 3.63) is 29.8 Å². The number of nitrogens with zero attached hydrogens (tertiary/aromatic N) is 1. The number of sulfonamides is 1. The van der Waals surface area contributed by atoms with E-state index in [0.717, 1.165) is 38.6 Å². The predicted octanol–water partition coefficient (Wildman–Crippen LogP) is 3.43. The van der Waals surface area contributed by atoms with Crippen molar-refractivity contribution in [3.63, 3.8) is 0 Å². The Labute approximate surface area is 164 Å². The third-order valence-corrected chi connectivity index (χ3v) is 5.99. The maximum atomic E-state index is 13.0. The predicted molar refractivity (Wildman–Crippen MR) is 108 cm³/mol. The van der Waals surface area contributed by atoms with E-state index < -0.39 is 10.0 Å². The minimum atomic E-state index is -3.59. The molecule has 0 saturated heterocycles.